The minimum absolute atomic E-state index is 0.376. The van der Waals surface area contributed by atoms with Crippen molar-refractivity contribution in [3.8, 4) is 0 Å². The normalized spacial score (nSPS) is 14.8. The molecule has 0 N–H and O–H groups in total. The van der Waals surface area contributed by atoms with Gasteiger partial charge in [0.25, 0.3) is 0 Å². The van der Waals surface area contributed by atoms with Crippen LogP contribution in [0, 0.1) is 6.92 Å². The van der Waals surface area contributed by atoms with Gasteiger partial charge in [-0.3, -0.25) is 0 Å². The number of hydrogen-bond acceptors (Lipinski definition) is 1. The monoisotopic (exact) mass is 306 g/mol. The molecule has 12 heavy (non-hydrogen) atoms. The topological polar surface area (TPSA) is 0 Å². The van der Waals surface area contributed by atoms with Crippen LogP contribution in [0.15, 0.2) is 12.1 Å². The second-order valence-electron chi connectivity index (χ2n) is 2.35. The van der Waals surface area contributed by atoms with Gasteiger partial charge in [-0.15, -0.1) is 11.3 Å². The average molecular weight is 306 g/mol. The molecule has 1 heterocycles. The van der Waals surface area contributed by atoms with Crippen LogP contribution >= 0.6 is 33.9 Å². The Hall–Kier alpha value is 0.220. The highest BCUT2D eigenvalue weighted by molar-refractivity contribution is 14.1. The summed E-state index contributed by atoms with van der Waals surface area (Å²) in [4.78, 5) is 1.29. The van der Waals surface area contributed by atoms with Crippen LogP contribution in [0.4, 0.5) is 13.2 Å². The summed E-state index contributed by atoms with van der Waals surface area (Å²) in [7, 11) is 0. The van der Waals surface area contributed by atoms with Crippen LogP contribution < -0.4 is 0 Å². The maximum absolute atomic E-state index is 12.1. The van der Waals surface area contributed by atoms with E-state index in [-0.39, 0.29) is 0 Å². The Morgan fingerprint density at radius 2 is 2.00 bits per heavy atom. The number of thiophene rings is 1. The highest BCUT2D eigenvalue weighted by Gasteiger charge is 2.39. The van der Waals surface area contributed by atoms with E-state index in [1.165, 1.54) is 40.0 Å². The van der Waals surface area contributed by atoms with Crippen LogP contribution in [0.25, 0.3) is 0 Å². The zero-order chi connectivity index (χ0) is 9.35. The number of hydrogen-bond donors (Lipinski definition) is 0. The molecule has 1 rings (SSSR count). The van der Waals surface area contributed by atoms with Gasteiger partial charge in [0, 0.05) is 9.75 Å². The summed E-state index contributed by atoms with van der Waals surface area (Å²) in [5.74, 6) is 0. The van der Waals surface area contributed by atoms with Gasteiger partial charge >= 0.3 is 6.18 Å². The SMILES string of the molecule is Cc1ccc(C(I)C(F)(F)F)s1. The molecule has 0 radical (unpaired) electrons. The van der Waals surface area contributed by atoms with E-state index in [0.29, 0.717) is 4.88 Å². The van der Waals surface area contributed by atoms with Crippen molar-refractivity contribution in [2.24, 2.45) is 0 Å². The van der Waals surface area contributed by atoms with Crippen LogP contribution in [0.2, 0.25) is 0 Å². The van der Waals surface area contributed by atoms with E-state index in [9.17, 15) is 13.2 Å². The van der Waals surface area contributed by atoms with Crippen molar-refractivity contribution in [3.63, 3.8) is 0 Å². The van der Waals surface area contributed by atoms with Gasteiger partial charge in [-0.2, -0.15) is 13.2 Å². The van der Waals surface area contributed by atoms with Crippen molar-refractivity contribution < 1.29 is 13.2 Å². The maximum atomic E-state index is 12.1. The van der Waals surface area contributed by atoms with Crippen LogP contribution in [0.5, 0.6) is 0 Å². The first-order valence-electron chi connectivity index (χ1n) is 3.18. The Morgan fingerprint density at radius 1 is 1.42 bits per heavy atom. The minimum Gasteiger partial charge on any atom is -0.169 e. The number of aryl methyl sites for hydroxylation is 1. The zero-order valence-corrected chi connectivity index (χ0v) is 9.13. The first kappa shape index (κ1) is 10.3. The molecule has 0 aliphatic carbocycles. The highest BCUT2D eigenvalue weighted by Crippen LogP contribution is 2.42. The molecular weight excluding hydrogens is 300 g/mol. The minimum atomic E-state index is -4.13. The van der Waals surface area contributed by atoms with Crippen molar-refractivity contribution in [3.05, 3.63) is 21.9 Å². The molecule has 1 unspecified atom stereocenters. The van der Waals surface area contributed by atoms with E-state index < -0.39 is 10.1 Å². The number of rotatable bonds is 1. The van der Waals surface area contributed by atoms with Crippen LogP contribution in [-0.2, 0) is 0 Å². The Kier molecular flexibility index (Phi) is 3.03. The second kappa shape index (κ2) is 3.53. The first-order chi connectivity index (χ1) is 5.41. The van der Waals surface area contributed by atoms with Crippen molar-refractivity contribution in [2.45, 2.75) is 17.0 Å². The van der Waals surface area contributed by atoms with Gasteiger partial charge in [-0.25, -0.2) is 0 Å². The van der Waals surface area contributed by atoms with Gasteiger partial charge in [-0.1, -0.05) is 22.6 Å². The number of alkyl halides is 4. The van der Waals surface area contributed by atoms with E-state index >= 15 is 0 Å². The number of halogens is 4. The van der Waals surface area contributed by atoms with Gasteiger partial charge in [-0.05, 0) is 19.1 Å². The van der Waals surface area contributed by atoms with Gasteiger partial charge in [0.1, 0.15) is 3.92 Å². The second-order valence-corrected chi connectivity index (χ2v) is 4.92. The molecule has 68 valence electrons. The molecule has 0 spiro atoms. The molecule has 0 saturated heterocycles. The fourth-order valence-electron chi connectivity index (χ4n) is 0.751. The van der Waals surface area contributed by atoms with Gasteiger partial charge < -0.3 is 0 Å². The summed E-state index contributed by atoms with van der Waals surface area (Å²) in [5.41, 5.74) is 0. The summed E-state index contributed by atoms with van der Waals surface area (Å²) in [5, 5.41) is 0. The van der Waals surface area contributed by atoms with Crippen LogP contribution in [0.3, 0.4) is 0 Å². The lowest BCUT2D eigenvalue weighted by molar-refractivity contribution is -0.125. The Morgan fingerprint density at radius 3 is 2.33 bits per heavy atom. The van der Waals surface area contributed by atoms with E-state index in [1.54, 1.807) is 13.0 Å². The summed E-state index contributed by atoms with van der Waals surface area (Å²) >= 11 is 2.61. The third-order valence-corrected chi connectivity index (χ3v) is 4.16. The van der Waals surface area contributed by atoms with E-state index in [2.05, 4.69) is 0 Å². The lowest BCUT2D eigenvalue weighted by Gasteiger charge is -2.11. The molecule has 5 heteroatoms. The lowest BCUT2D eigenvalue weighted by Crippen LogP contribution is -2.13. The predicted molar refractivity (Wildman–Crippen MR) is 51.9 cm³/mol. The van der Waals surface area contributed by atoms with Crippen molar-refractivity contribution in [2.75, 3.05) is 0 Å². The third-order valence-electron chi connectivity index (χ3n) is 1.30. The Bertz CT molecular complexity index is 266. The molecule has 1 atom stereocenters. The van der Waals surface area contributed by atoms with Gasteiger partial charge in [0.2, 0.25) is 0 Å². The smallest absolute Gasteiger partial charge is 0.169 e. The molecular formula is C7H6F3IS. The Balaban J connectivity index is 2.85. The fourth-order valence-corrected chi connectivity index (χ4v) is 2.22. The molecule has 0 fully saturated rings. The molecule has 0 bridgehead atoms. The summed E-state index contributed by atoms with van der Waals surface area (Å²) < 4.78 is 35.1. The average Bonchev–Trinajstić information content (AvgIpc) is 2.32. The van der Waals surface area contributed by atoms with Gasteiger partial charge in [0.05, 0.1) is 0 Å². The molecule has 0 amide bonds. The molecule has 1 aromatic heterocycles. The largest absolute Gasteiger partial charge is 0.405 e. The summed E-state index contributed by atoms with van der Waals surface area (Å²) in [6.07, 6.45) is -4.13. The van der Waals surface area contributed by atoms with Crippen molar-refractivity contribution >= 4 is 33.9 Å². The molecule has 0 aliphatic rings. The molecule has 1 aromatic rings. The van der Waals surface area contributed by atoms with E-state index in [1.807, 2.05) is 0 Å². The quantitative estimate of drug-likeness (QED) is 0.541. The Labute approximate surface area is 85.9 Å². The van der Waals surface area contributed by atoms with Crippen molar-refractivity contribution in [1.29, 1.82) is 0 Å². The van der Waals surface area contributed by atoms with E-state index in [0.717, 1.165) is 4.88 Å². The lowest BCUT2D eigenvalue weighted by atomic mass is 10.3. The molecule has 0 saturated carbocycles. The standard InChI is InChI=1S/C7H6F3IS/c1-4-2-3-5(12-4)6(11)7(8,9)10/h2-3,6H,1H3. The zero-order valence-electron chi connectivity index (χ0n) is 6.15. The molecule has 0 aliphatic heterocycles. The first-order valence-corrected chi connectivity index (χ1v) is 5.24. The highest BCUT2D eigenvalue weighted by atomic mass is 127. The van der Waals surface area contributed by atoms with E-state index in [4.69, 9.17) is 0 Å². The third kappa shape index (κ3) is 2.35. The maximum Gasteiger partial charge on any atom is 0.405 e. The fraction of sp³-hybridized carbons (Fsp3) is 0.429. The summed E-state index contributed by atoms with van der Waals surface area (Å²) in [6, 6.07) is 3.24. The van der Waals surface area contributed by atoms with Gasteiger partial charge in [0.15, 0.2) is 0 Å². The molecule has 0 aromatic carbocycles. The summed E-state index contributed by atoms with van der Waals surface area (Å²) in [6.45, 7) is 1.80. The van der Waals surface area contributed by atoms with Crippen LogP contribution in [0.1, 0.15) is 13.7 Å². The molecule has 0 nitrogen and oxygen atoms in total. The van der Waals surface area contributed by atoms with Crippen molar-refractivity contribution in [1.82, 2.24) is 0 Å². The predicted octanol–water partition coefficient (Wildman–Crippen LogP) is 4.09. The van der Waals surface area contributed by atoms with Crippen LogP contribution in [-0.4, -0.2) is 6.18 Å².